The van der Waals surface area contributed by atoms with Crippen molar-refractivity contribution in [2.75, 3.05) is 26.1 Å². The first kappa shape index (κ1) is 16.2. The molecule has 4 nitrogen and oxygen atoms in total. The summed E-state index contributed by atoms with van der Waals surface area (Å²) in [6.45, 7) is 0.667. The summed E-state index contributed by atoms with van der Waals surface area (Å²) < 4.78 is 11.2. The van der Waals surface area contributed by atoms with Gasteiger partial charge in [0.15, 0.2) is 0 Å². The number of anilines is 1. The second kappa shape index (κ2) is 8.29. The summed E-state index contributed by atoms with van der Waals surface area (Å²) in [5.41, 5.74) is 3.16. The minimum Gasteiger partial charge on any atom is -0.497 e. The maximum atomic E-state index is 8.97. The zero-order valence-electron chi connectivity index (χ0n) is 13.1. The molecular weight excluding hydrogens is 278 g/mol. The van der Waals surface area contributed by atoms with Gasteiger partial charge in [0, 0.05) is 13.7 Å². The molecule has 118 valence electrons. The summed E-state index contributed by atoms with van der Waals surface area (Å²) in [5.74, 6) is 1.64. The number of nitrogens with one attached hydrogen (secondary N) is 1. The van der Waals surface area contributed by atoms with Crippen LogP contribution >= 0.6 is 0 Å². The van der Waals surface area contributed by atoms with Crippen LogP contribution in [0.3, 0.4) is 0 Å². The van der Waals surface area contributed by atoms with Crippen molar-refractivity contribution in [1.29, 1.82) is 0 Å². The van der Waals surface area contributed by atoms with Gasteiger partial charge in [0.2, 0.25) is 0 Å². The first-order chi connectivity index (χ1) is 10.8. The molecule has 0 unspecified atom stereocenters. The Morgan fingerprint density at radius 3 is 2.59 bits per heavy atom. The third kappa shape index (κ3) is 4.40. The summed E-state index contributed by atoms with van der Waals surface area (Å²) in [4.78, 5) is 0. The minimum absolute atomic E-state index is 0.193. The molecule has 0 amide bonds. The molecule has 0 heterocycles. The van der Waals surface area contributed by atoms with E-state index in [1.807, 2.05) is 43.4 Å². The average molecular weight is 301 g/mol. The predicted octanol–water partition coefficient (Wildman–Crippen LogP) is 3.24. The Kier molecular flexibility index (Phi) is 6.10. The normalized spacial score (nSPS) is 10.3. The van der Waals surface area contributed by atoms with Crippen LogP contribution in [0.4, 0.5) is 5.69 Å². The molecule has 0 spiro atoms. The van der Waals surface area contributed by atoms with Gasteiger partial charge >= 0.3 is 0 Å². The third-order valence-corrected chi connectivity index (χ3v) is 3.44. The topological polar surface area (TPSA) is 50.7 Å². The highest BCUT2D eigenvalue weighted by molar-refractivity contribution is 5.55. The monoisotopic (exact) mass is 301 g/mol. The number of methoxy groups -OCH3 is 1. The van der Waals surface area contributed by atoms with Gasteiger partial charge in [-0.15, -0.1) is 0 Å². The molecule has 2 aromatic rings. The number of aliphatic hydroxyl groups excluding tert-OH is 1. The van der Waals surface area contributed by atoms with E-state index in [-0.39, 0.29) is 6.61 Å². The molecule has 2 aromatic carbocycles. The van der Waals surface area contributed by atoms with Gasteiger partial charge in [-0.2, -0.15) is 0 Å². The second-order valence-corrected chi connectivity index (χ2v) is 5.05. The Bertz CT molecular complexity index is 599. The van der Waals surface area contributed by atoms with Crippen LogP contribution in [0, 0.1) is 0 Å². The lowest BCUT2D eigenvalue weighted by Crippen LogP contribution is -2.01. The molecule has 2 N–H and O–H groups in total. The van der Waals surface area contributed by atoms with Crippen molar-refractivity contribution < 1.29 is 14.6 Å². The number of rotatable bonds is 8. The molecule has 0 atom stereocenters. The second-order valence-electron chi connectivity index (χ2n) is 5.05. The van der Waals surface area contributed by atoms with Crippen LogP contribution in [0.5, 0.6) is 11.5 Å². The molecular formula is C18H23NO3. The largest absolute Gasteiger partial charge is 0.497 e. The smallest absolute Gasteiger partial charge is 0.142 e. The van der Waals surface area contributed by atoms with Crippen molar-refractivity contribution in [2.24, 2.45) is 0 Å². The average Bonchev–Trinajstić information content (AvgIpc) is 2.58. The van der Waals surface area contributed by atoms with Gasteiger partial charge < -0.3 is 19.9 Å². The van der Waals surface area contributed by atoms with Crippen molar-refractivity contribution in [3.8, 4) is 11.5 Å². The zero-order chi connectivity index (χ0) is 15.8. The molecule has 0 aliphatic heterocycles. The van der Waals surface area contributed by atoms with E-state index in [2.05, 4.69) is 11.4 Å². The molecule has 0 aromatic heterocycles. The molecule has 0 radical (unpaired) electrons. The van der Waals surface area contributed by atoms with Crippen LogP contribution in [0.1, 0.15) is 17.5 Å². The van der Waals surface area contributed by atoms with Crippen molar-refractivity contribution >= 4 is 5.69 Å². The highest BCUT2D eigenvalue weighted by Crippen LogP contribution is 2.25. The maximum Gasteiger partial charge on any atom is 0.142 e. The number of ether oxygens (including phenoxy) is 2. The van der Waals surface area contributed by atoms with Gasteiger partial charge in [-0.05, 0) is 48.2 Å². The number of hydrogen-bond acceptors (Lipinski definition) is 4. The molecule has 0 saturated heterocycles. The quantitative estimate of drug-likeness (QED) is 0.786. The lowest BCUT2D eigenvalue weighted by Gasteiger charge is -2.13. The predicted molar refractivity (Wildman–Crippen MR) is 88.7 cm³/mol. The molecule has 0 fully saturated rings. The fourth-order valence-electron chi connectivity index (χ4n) is 2.32. The van der Waals surface area contributed by atoms with E-state index in [4.69, 9.17) is 14.6 Å². The Morgan fingerprint density at radius 1 is 1.09 bits per heavy atom. The van der Waals surface area contributed by atoms with E-state index in [0.717, 1.165) is 41.2 Å². The molecule has 0 saturated carbocycles. The van der Waals surface area contributed by atoms with E-state index in [1.165, 1.54) is 0 Å². The third-order valence-electron chi connectivity index (χ3n) is 3.44. The highest BCUT2D eigenvalue weighted by atomic mass is 16.5. The van der Waals surface area contributed by atoms with Gasteiger partial charge in [-0.3, -0.25) is 0 Å². The standard InChI is InChI=1S/C18H23NO3/c1-19-17-7-3-4-8-18(17)22-13-15-10-14(6-5-9-20)11-16(12-15)21-2/h3-4,7-8,10-12,19-20H,5-6,9,13H2,1-2H3. The SMILES string of the molecule is CNc1ccccc1OCc1cc(CCCO)cc(OC)c1. The Balaban J connectivity index is 2.11. The van der Waals surface area contributed by atoms with Crippen LogP contribution in [0.2, 0.25) is 0 Å². The minimum atomic E-state index is 0.193. The summed E-state index contributed by atoms with van der Waals surface area (Å²) in [6, 6.07) is 13.9. The molecule has 4 heteroatoms. The van der Waals surface area contributed by atoms with Crippen LogP contribution in [-0.2, 0) is 13.0 Å². The van der Waals surface area contributed by atoms with Crippen molar-refractivity contribution in [2.45, 2.75) is 19.4 Å². The number of aryl methyl sites for hydroxylation is 1. The Labute approximate surface area is 131 Å². The molecule has 2 rings (SSSR count). The van der Waals surface area contributed by atoms with E-state index in [9.17, 15) is 0 Å². The summed E-state index contributed by atoms with van der Waals surface area (Å²) in [6.07, 6.45) is 1.57. The van der Waals surface area contributed by atoms with E-state index >= 15 is 0 Å². The van der Waals surface area contributed by atoms with Crippen molar-refractivity contribution in [3.05, 3.63) is 53.6 Å². The van der Waals surface area contributed by atoms with Crippen LogP contribution in [0.15, 0.2) is 42.5 Å². The molecule has 22 heavy (non-hydrogen) atoms. The number of aliphatic hydroxyl groups is 1. The summed E-state index contributed by atoms with van der Waals surface area (Å²) in [7, 11) is 3.53. The van der Waals surface area contributed by atoms with Gasteiger partial charge in [0.1, 0.15) is 18.1 Å². The fraction of sp³-hybridized carbons (Fsp3) is 0.333. The van der Waals surface area contributed by atoms with Crippen LogP contribution in [0.25, 0.3) is 0 Å². The lowest BCUT2D eigenvalue weighted by atomic mass is 10.1. The van der Waals surface area contributed by atoms with Gasteiger partial charge in [0.05, 0.1) is 12.8 Å². The van der Waals surface area contributed by atoms with Crippen molar-refractivity contribution in [1.82, 2.24) is 0 Å². The maximum absolute atomic E-state index is 8.97. The fourth-order valence-corrected chi connectivity index (χ4v) is 2.32. The van der Waals surface area contributed by atoms with Gasteiger partial charge in [0.25, 0.3) is 0 Å². The van der Waals surface area contributed by atoms with E-state index in [1.54, 1.807) is 7.11 Å². The number of para-hydroxylation sites is 2. The molecule has 0 bridgehead atoms. The first-order valence-electron chi connectivity index (χ1n) is 7.44. The number of hydrogen-bond donors (Lipinski definition) is 2. The van der Waals surface area contributed by atoms with Gasteiger partial charge in [-0.1, -0.05) is 18.2 Å². The first-order valence-corrected chi connectivity index (χ1v) is 7.44. The lowest BCUT2D eigenvalue weighted by molar-refractivity contribution is 0.288. The summed E-state index contributed by atoms with van der Waals surface area (Å²) in [5, 5.41) is 12.1. The molecule has 0 aliphatic carbocycles. The van der Waals surface area contributed by atoms with Crippen molar-refractivity contribution in [3.63, 3.8) is 0 Å². The van der Waals surface area contributed by atoms with Gasteiger partial charge in [-0.25, -0.2) is 0 Å². The highest BCUT2D eigenvalue weighted by Gasteiger charge is 2.05. The van der Waals surface area contributed by atoms with E-state index < -0.39 is 0 Å². The number of benzene rings is 2. The molecule has 0 aliphatic rings. The Hall–Kier alpha value is -2.20. The zero-order valence-corrected chi connectivity index (χ0v) is 13.1. The Morgan fingerprint density at radius 2 is 1.86 bits per heavy atom. The van der Waals surface area contributed by atoms with Crippen LogP contribution < -0.4 is 14.8 Å². The van der Waals surface area contributed by atoms with E-state index in [0.29, 0.717) is 6.61 Å². The summed E-state index contributed by atoms with van der Waals surface area (Å²) >= 11 is 0. The van der Waals surface area contributed by atoms with Crippen LogP contribution in [-0.4, -0.2) is 25.9 Å².